The van der Waals surface area contributed by atoms with Gasteiger partial charge in [0, 0.05) is 11.8 Å². The molecular formula is C13H13NO3S2. The number of carbonyl (C=O) groups excluding carboxylic acids is 1. The Labute approximate surface area is 116 Å². The first-order valence-electron chi connectivity index (χ1n) is 5.53. The lowest BCUT2D eigenvalue weighted by Crippen LogP contribution is -2.13. The largest absolute Gasteiger partial charge is 0.312 e. The minimum atomic E-state index is -3.33. The number of nitrogens with one attached hydrogen (secondary N) is 1. The molecule has 0 atom stereocenters. The van der Waals surface area contributed by atoms with E-state index < -0.39 is 9.84 Å². The molecule has 0 aliphatic carbocycles. The first-order chi connectivity index (χ1) is 8.88. The average Bonchev–Trinajstić information content (AvgIpc) is 2.77. The van der Waals surface area contributed by atoms with Crippen LogP contribution >= 0.6 is 11.3 Å². The van der Waals surface area contributed by atoms with Crippen molar-refractivity contribution in [2.75, 3.05) is 11.6 Å². The van der Waals surface area contributed by atoms with Crippen LogP contribution in [0.2, 0.25) is 0 Å². The maximum atomic E-state index is 12.0. The molecule has 0 unspecified atom stereocenters. The minimum Gasteiger partial charge on any atom is -0.312 e. The Hall–Kier alpha value is -1.66. The number of carbonyl (C=O) groups is 1. The highest BCUT2D eigenvalue weighted by atomic mass is 32.2. The van der Waals surface area contributed by atoms with E-state index in [4.69, 9.17) is 0 Å². The smallest absolute Gasteiger partial charge is 0.256 e. The standard InChI is InChI=1S/C13H13NO3S2/c1-9-4-3-5-10(8-9)12(15)14-13-11(6-7-18-13)19(2,16)17/h3-8H,1-2H3,(H,14,15). The number of hydrogen-bond donors (Lipinski definition) is 1. The molecule has 1 heterocycles. The molecule has 1 aromatic heterocycles. The zero-order valence-corrected chi connectivity index (χ0v) is 12.1. The Morgan fingerprint density at radius 3 is 2.63 bits per heavy atom. The van der Waals surface area contributed by atoms with E-state index in [1.54, 1.807) is 23.6 Å². The summed E-state index contributed by atoms with van der Waals surface area (Å²) in [5.74, 6) is -0.309. The molecule has 0 saturated heterocycles. The topological polar surface area (TPSA) is 63.2 Å². The van der Waals surface area contributed by atoms with Crippen LogP contribution in [0.25, 0.3) is 0 Å². The van der Waals surface area contributed by atoms with Gasteiger partial charge in [-0.25, -0.2) is 8.42 Å². The second kappa shape index (κ2) is 5.14. The molecule has 100 valence electrons. The fourth-order valence-corrected chi connectivity index (χ4v) is 3.71. The minimum absolute atomic E-state index is 0.151. The number of anilines is 1. The van der Waals surface area contributed by atoms with Crippen LogP contribution in [0.5, 0.6) is 0 Å². The normalized spacial score (nSPS) is 11.3. The summed E-state index contributed by atoms with van der Waals surface area (Å²) in [5, 5.41) is 4.64. The molecule has 0 spiro atoms. The molecule has 1 N–H and O–H groups in total. The molecule has 0 radical (unpaired) electrons. The number of thiophene rings is 1. The molecule has 0 aliphatic heterocycles. The van der Waals surface area contributed by atoms with E-state index in [9.17, 15) is 13.2 Å². The molecular weight excluding hydrogens is 282 g/mol. The van der Waals surface area contributed by atoms with Gasteiger partial charge in [0.2, 0.25) is 0 Å². The summed E-state index contributed by atoms with van der Waals surface area (Å²) in [6.45, 7) is 1.89. The Morgan fingerprint density at radius 2 is 2.00 bits per heavy atom. The van der Waals surface area contributed by atoms with E-state index in [2.05, 4.69) is 5.32 Å². The molecule has 2 rings (SSSR count). The van der Waals surface area contributed by atoms with Crippen LogP contribution in [0.3, 0.4) is 0 Å². The van der Waals surface area contributed by atoms with Gasteiger partial charge in [0.05, 0.1) is 0 Å². The SMILES string of the molecule is Cc1cccc(C(=O)Nc2sccc2S(C)(=O)=O)c1. The summed E-state index contributed by atoms with van der Waals surface area (Å²) in [6, 6.07) is 8.62. The molecule has 4 nitrogen and oxygen atoms in total. The van der Waals surface area contributed by atoms with Gasteiger partial charge in [-0.05, 0) is 30.5 Å². The fourth-order valence-electron chi connectivity index (χ4n) is 1.64. The summed E-state index contributed by atoms with van der Waals surface area (Å²) in [5.41, 5.74) is 1.48. The Morgan fingerprint density at radius 1 is 1.26 bits per heavy atom. The fraction of sp³-hybridized carbons (Fsp3) is 0.154. The zero-order valence-electron chi connectivity index (χ0n) is 10.5. The van der Waals surface area contributed by atoms with E-state index in [1.807, 2.05) is 13.0 Å². The van der Waals surface area contributed by atoms with Gasteiger partial charge in [-0.3, -0.25) is 4.79 Å². The van der Waals surface area contributed by atoms with E-state index in [0.29, 0.717) is 10.6 Å². The maximum Gasteiger partial charge on any atom is 0.256 e. The lowest BCUT2D eigenvalue weighted by Gasteiger charge is -2.05. The number of sulfone groups is 1. The van der Waals surface area contributed by atoms with Crippen LogP contribution in [0.15, 0.2) is 40.6 Å². The summed E-state index contributed by atoms with van der Waals surface area (Å²) >= 11 is 1.19. The predicted octanol–water partition coefficient (Wildman–Crippen LogP) is 2.71. The number of benzene rings is 1. The maximum absolute atomic E-state index is 12.0. The second-order valence-electron chi connectivity index (χ2n) is 4.21. The van der Waals surface area contributed by atoms with E-state index in [0.717, 1.165) is 11.8 Å². The van der Waals surface area contributed by atoms with Crippen LogP contribution in [-0.2, 0) is 9.84 Å². The van der Waals surface area contributed by atoms with Gasteiger partial charge in [0.25, 0.3) is 5.91 Å². The van der Waals surface area contributed by atoms with Crippen molar-refractivity contribution < 1.29 is 13.2 Å². The van der Waals surface area contributed by atoms with Crippen LogP contribution < -0.4 is 5.32 Å². The van der Waals surface area contributed by atoms with Crippen LogP contribution in [0.4, 0.5) is 5.00 Å². The number of aryl methyl sites for hydroxylation is 1. The molecule has 6 heteroatoms. The molecule has 0 saturated carbocycles. The Bertz CT molecular complexity index is 717. The van der Waals surface area contributed by atoms with Crippen molar-refractivity contribution in [2.24, 2.45) is 0 Å². The van der Waals surface area contributed by atoms with Gasteiger partial charge in [0.1, 0.15) is 9.90 Å². The summed E-state index contributed by atoms with van der Waals surface area (Å²) < 4.78 is 23.1. The second-order valence-corrected chi connectivity index (χ2v) is 7.11. The van der Waals surface area contributed by atoms with E-state index >= 15 is 0 Å². The van der Waals surface area contributed by atoms with E-state index in [1.165, 1.54) is 17.4 Å². The number of hydrogen-bond acceptors (Lipinski definition) is 4. The van der Waals surface area contributed by atoms with Gasteiger partial charge in [0.15, 0.2) is 9.84 Å². The van der Waals surface area contributed by atoms with Gasteiger partial charge in [-0.2, -0.15) is 0 Å². The third kappa shape index (κ3) is 3.21. The third-order valence-corrected chi connectivity index (χ3v) is 4.63. The Balaban J connectivity index is 2.28. The van der Waals surface area contributed by atoms with Gasteiger partial charge < -0.3 is 5.32 Å². The van der Waals surface area contributed by atoms with Gasteiger partial charge in [-0.1, -0.05) is 17.7 Å². The van der Waals surface area contributed by atoms with Crippen LogP contribution in [0.1, 0.15) is 15.9 Å². The highest BCUT2D eigenvalue weighted by Crippen LogP contribution is 2.28. The van der Waals surface area contributed by atoms with Gasteiger partial charge >= 0.3 is 0 Å². The summed E-state index contributed by atoms with van der Waals surface area (Å²) in [4.78, 5) is 12.2. The zero-order chi connectivity index (χ0) is 14.0. The molecule has 19 heavy (non-hydrogen) atoms. The van der Waals surface area contributed by atoms with Crippen molar-refractivity contribution in [3.8, 4) is 0 Å². The number of amides is 1. The molecule has 0 aliphatic rings. The average molecular weight is 295 g/mol. The molecule has 1 amide bonds. The first-order valence-corrected chi connectivity index (χ1v) is 8.30. The van der Waals surface area contributed by atoms with Crippen molar-refractivity contribution in [1.82, 2.24) is 0 Å². The summed E-state index contributed by atoms with van der Waals surface area (Å²) in [7, 11) is -3.33. The molecule has 0 bridgehead atoms. The molecule has 0 fully saturated rings. The predicted molar refractivity (Wildman–Crippen MR) is 76.6 cm³/mol. The summed E-state index contributed by atoms with van der Waals surface area (Å²) in [6.07, 6.45) is 1.12. The van der Waals surface area contributed by atoms with Crippen LogP contribution in [-0.4, -0.2) is 20.6 Å². The Kier molecular flexibility index (Phi) is 3.73. The number of rotatable bonds is 3. The van der Waals surface area contributed by atoms with Crippen molar-refractivity contribution in [3.63, 3.8) is 0 Å². The van der Waals surface area contributed by atoms with Crippen molar-refractivity contribution in [3.05, 3.63) is 46.8 Å². The van der Waals surface area contributed by atoms with Crippen molar-refractivity contribution >= 4 is 32.1 Å². The monoisotopic (exact) mass is 295 g/mol. The van der Waals surface area contributed by atoms with E-state index in [-0.39, 0.29) is 10.8 Å². The highest BCUT2D eigenvalue weighted by molar-refractivity contribution is 7.91. The third-order valence-electron chi connectivity index (χ3n) is 2.54. The quantitative estimate of drug-likeness (QED) is 0.947. The molecule has 2 aromatic rings. The highest BCUT2D eigenvalue weighted by Gasteiger charge is 2.17. The van der Waals surface area contributed by atoms with Crippen molar-refractivity contribution in [2.45, 2.75) is 11.8 Å². The van der Waals surface area contributed by atoms with Gasteiger partial charge in [-0.15, -0.1) is 11.3 Å². The molecule has 1 aromatic carbocycles. The van der Waals surface area contributed by atoms with Crippen LogP contribution in [0, 0.1) is 6.92 Å². The lowest BCUT2D eigenvalue weighted by atomic mass is 10.1. The van der Waals surface area contributed by atoms with Crippen molar-refractivity contribution in [1.29, 1.82) is 0 Å². The lowest BCUT2D eigenvalue weighted by molar-refractivity contribution is 0.102. The first kappa shape index (κ1) is 13.8.